The average Bonchev–Trinajstić information content (AvgIpc) is 3.28. The van der Waals surface area contributed by atoms with Crippen LogP contribution in [0.4, 0.5) is 10.2 Å². The standard InChI is InChI=1S/C24H29FN5O7P/c1-4-34-21(31)14(2)29-38(33,36-15-8-6-5-7-9-15)37-18-12-24(18)22(32)23(3,25)19(35-24)16-10-11-17-20(26)27-13-28-30(16)17/h5-11,13-14,18-19,22,32H,4,12H2,1-3H3,(H,29,33)(H2,26,27,28)/t14-,18+,19-,22-,23-,24?,38?/m0/s1. The van der Waals surface area contributed by atoms with E-state index in [0.717, 1.165) is 0 Å². The lowest BCUT2D eigenvalue weighted by atomic mass is 9.92. The molecule has 3 aromatic rings. The summed E-state index contributed by atoms with van der Waals surface area (Å²) in [5.41, 5.74) is 2.90. The predicted octanol–water partition coefficient (Wildman–Crippen LogP) is 2.73. The molecule has 0 radical (unpaired) electrons. The van der Waals surface area contributed by atoms with E-state index < -0.39 is 49.3 Å². The maximum Gasteiger partial charge on any atom is 0.459 e. The van der Waals surface area contributed by atoms with Crippen LogP contribution in [-0.2, 0) is 23.4 Å². The number of aromatic nitrogens is 3. The van der Waals surface area contributed by atoms with Crippen LogP contribution in [0.1, 0.15) is 39.0 Å². The molecule has 0 amide bonds. The summed E-state index contributed by atoms with van der Waals surface area (Å²) in [7, 11) is -4.25. The summed E-state index contributed by atoms with van der Waals surface area (Å²) in [6.07, 6.45) is -2.63. The number of anilines is 1. The first-order valence-electron chi connectivity index (χ1n) is 12.1. The van der Waals surface area contributed by atoms with Crippen LogP contribution in [0, 0.1) is 0 Å². The number of esters is 1. The van der Waals surface area contributed by atoms with Gasteiger partial charge in [0.25, 0.3) is 0 Å². The summed E-state index contributed by atoms with van der Waals surface area (Å²) >= 11 is 0. The van der Waals surface area contributed by atoms with Gasteiger partial charge in [-0.05, 0) is 45.0 Å². The summed E-state index contributed by atoms with van der Waals surface area (Å²) in [5.74, 6) is -0.242. The van der Waals surface area contributed by atoms with Gasteiger partial charge < -0.3 is 24.8 Å². The topological polar surface area (TPSA) is 160 Å². The van der Waals surface area contributed by atoms with Crippen molar-refractivity contribution in [1.29, 1.82) is 0 Å². The van der Waals surface area contributed by atoms with Crippen molar-refractivity contribution < 1.29 is 37.4 Å². The van der Waals surface area contributed by atoms with E-state index in [-0.39, 0.29) is 24.6 Å². The number of aliphatic hydroxyl groups excluding tert-OH is 1. The third kappa shape index (κ3) is 4.54. The number of nitrogens with one attached hydrogen (secondary N) is 1. The first kappa shape index (κ1) is 26.5. The maximum absolute atomic E-state index is 16.1. The zero-order valence-corrected chi connectivity index (χ0v) is 21.9. The van der Waals surface area contributed by atoms with Crippen molar-refractivity contribution in [1.82, 2.24) is 19.7 Å². The Morgan fingerprint density at radius 2 is 2.11 bits per heavy atom. The van der Waals surface area contributed by atoms with Crippen molar-refractivity contribution >= 4 is 25.1 Å². The zero-order chi connectivity index (χ0) is 27.3. The number of halogens is 1. The second kappa shape index (κ2) is 9.58. The molecule has 5 rings (SSSR count). The molecule has 12 nitrogen and oxygen atoms in total. The molecule has 38 heavy (non-hydrogen) atoms. The fraction of sp³-hybridized carbons (Fsp3) is 0.458. The number of hydrogen-bond acceptors (Lipinski definition) is 10. The second-order valence-corrected chi connectivity index (χ2v) is 11.2. The Bertz CT molecular complexity index is 1390. The van der Waals surface area contributed by atoms with Crippen molar-refractivity contribution in [2.75, 3.05) is 12.3 Å². The number of nitrogens with zero attached hydrogens (tertiary/aromatic N) is 3. The van der Waals surface area contributed by atoms with Gasteiger partial charge in [0.2, 0.25) is 0 Å². The monoisotopic (exact) mass is 549 g/mol. The lowest BCUT2D eigenvalue weighted by Crippen LogP contribution is -2.41. The Labute approximate surface area is 217 Å². The van der Waals surface area contributed by atoms with Gasteiger partial charge in [0.1, 0.15) is 47.5 Å². The van der Waals surface area contributed by atoms with Crippen molar-refractivity contribution in [3.8, 4) is 5.75 Å². The number of rotatable bonds is 9. The highest BCUT2D eigenvalue weighted by atomic mass is 31.2. The highest BCUT2D eigenvalue weighted by Gasteiger charge is 2.75. The number of nitrogen functional groups attached to an aromatic ring is 1. The van der Waals surface area contributed by atoms with E-state index in [1.165, 1.54) is 24.7 Å². The molecule has 4 N–H and O–H groups in total. The maximum atomic E-state index is 16.1. The quantitative estimate of drug-likeness (QED) is 0.266. The lowest BCUT2D eigenvalue weighted by Gasteiger charge is -2.25. The van der Waals surface area contributed by atoms with E-state index in [1.54, 1.807) is 49.4 Å². The first-order chi connectivity index (χ1) is 18.0. The number of fused-ring (bicyclic) bond motifs is 1. The van der Waals surface area contributed by atoms with Gasteiger partial charge in [-0.2, -0.15) is 10.2 Å². The smallest absolute Gasteiger partial charge is 0.459 e. The van der Waals surface area contributed by atoms with E-state index in [0.29, 0.717) is 11.2 Å². The second-order valence-electron chi connectivity index (χ2n) is 9.51. The molecule has 2 fully saturated rings. The molecule has 1 spiro atoms. The van der Waals surface area contributed by atoms with Gasteiger partial charge in [0, 0.05) is 6.42 Å². The molecule has 204 valence electrons. The van der Waals surface area contributed by atoms with Gasteiger partial charge in [-0.15, -0.1) is 0 Å². The Balaban J connectivity index is 1.40. The van der Waals surface area contributed by atoms with Gasteiger partial charge in [-0.1, -0.05) is 18.2 Å². The Morgan fingerprint density at radius 3 is 2.82 bits per heavy atom. The van der Waals surface area contributed by atoms with Crippen LogP contribution in [0.2, 0.25) is 0 Å². The van der Waals surface area contributed by atoms with Crippen LogP contribution < -0.4 is 15.3 Å². The zero-order valence-electron chi connectivity index (χ0n) is 21.0. The molecule has 0 bridgehead atoms. The van der Waals surface area contributed by atoms with Gasteiger partial charge in [-0.3, -0.25) is 9.32 Å². The van der Waals surface area contributed by atoms with Crippen LogP contribution in [0.25, 0.3) is 5.52 Å². The highest BCUT2D eigenvalue weighted by Crippen LogP contribution is 2.64. The fourth-order valence-electron chi connectivity index (χ4n) is 4.73. The molecule has 2 unspecified atom stereocenters. The van der Waals surface area contributed by atoms with E-state index in [2.05, 4.69) is 15.2 Å². The number of hydrogen-bond donors (Lipinski definition) is 3. The van der Waals surface area contributed by atoms with E-state index >= 15 is 4.39 Å². The Kier molecular flexibility index (Phi) is 6.69. The SMILES string of the molecule is CCOC(=O)[C@H](C)NP(=O)(Oc1ccccc1)O[C@@H]1CC12O[C@@H](c1ccc3c(N)ncnn13)[C@](C)(F)[C@@H]2O. The largest absolute Gasteiger partial charge is 0.465 e. The number of nitrogens with two attached hydrogens (primary N) is 1. The Morgan fingerprint density at radius 1 is 1.37 bits per heavy atom. The predicted molar refractivity (Wildman–Crippen MR) is 133 cm³/mol. The van der Waals surface area contributed by atoms with Crippen LogP contribution in [0.3, 0.4) is 0 Å². The average molecular weight is 549 g/mol. The molecule has 1 aliphatic heterocycles. The van der Waals surface area contributed by atoms with Crippen molar-refractivity contribution in [2.24, 2.45) is 0 Å². The number of para-hydroxylation sites is 1. The molecule has 7 atom stereocenters. The number of carbonyl (C=O) groups is 1. The lowest BCUT2D eigenvalue weighted by molar-refractivity contribution is -0.144. The van der Waals surface area contributed by atoms with E-state index in [9.17, 15) is 14.5 Å². The number of aliphatic hydroxyl groups is 1. The molecule has 2 aliphatic rings. The highest BCUT2D eigenvalue weighted by molar-refractivity contribution is 7.52. The van der Waals surface area contributed by atoms with Gasteiger partial charge in [0.15, 0.2) is 11.5 Å². The molecular weight excluding hydrogens is 520 g/mol. The molecule has 3 heterocycles. The molecule has 1 saturated heterocycles. The summed E-state index contributed by atoms with van der Waals surface area (Å²) in [6.45, 7) is 4.44. The van der Waals surface area contributed by atoms with Crippen LogP contribution in [0.15, 0.2) is 48.8 Å². The van der Waals surface area contributed by atoms with Gasteiger partial charge in [0.05, 0.1) is 12.3 Å². The van der Waals surface area contributed by atoms with Crippen molar-refractivity contribution in [3.05, 3.63) is 54.5 Å². The summed E-state index contributed by atoms with van der Waals surface area (Å²) in [5, 5.41) is 17.8. The van der Waals surface area contributed by atoms with E-state index in [1.807, 2.05) is 0 Å². The summed E-state index contributed by atoms with van der Waals surface area (Å²) in [6, 6.07) is 10.4. The normalized spacial score (nSPS) is 30.7. The first-order valence-corrected chi connectivity index (χ1v) is 13.7. The van der Waals surface area contributed by atoms with Gasteiger partial charge in [-0.25, -0.2) is 18.5 Å². The number of benzene rings is 1. The minimum atomic E-state index is -4.25. The molecule has 1 aliphatic carbocycles. The minimum Gasteiger partial charge on any atom is -0.465 e. The van der Waals surface area contributed by atoms with Crippen LogP contribution in [-0.4, -0.2) is 61.8 Å². The number of ether oxygens (including phenoxy) is 2. The molecule has 14 heteroatoms. The third-order valence-electron chi connectivity index (χ3n) is 6.74. The third-order valence-corrected chi connectivity index (χ3v) is 8.43. The van der Waals surface area contributed by atoms with E-state index in [4.69, 9.17) is 24.3 Å². The molecular formula is C24H29FN5O7P. The van der Waals surface area contributed by atoms with Gasteiger partial charge >= 0.3 is 13.7 Å². The number of alkyl halides is 1. The molecule has 2 aromatic heterocycles. The minimum absolute atomic E-state index is 0.0300. The molecule has 1 saturated carbocycles. The number of carbonyl (C=O) groups excluding carboxylic acids is 1. The summed E-state index contributed by atoms with van der Waals surface area (Å²) < 4.78 is 53.9. The fourth-order valence-corrected chi connectivity index (χ4v) is 6.46. The van der Waals surface area contributed by atoms with Crippen LogP contribution >= 0.6 is 7.75 Å². The van der Waals surface area contributed by atoms with Crippen molar-refractivity contribution in [3.63, 3.8) is 0 Å². The van der Waals surface area contributed by atoms with Crippen molar-refractivity contribution in [2.45, 2.75) is 62.8 Å². The Hall–Kier alpha value is -3.09. The summed E-state index contributed by atoms with van der Waals surface area (Å²) in [4.78, 5) is 16.1. The molecule has 1 aromatic carbocycles. The van der Waals surface area contributed by atoms with Crippen LogP contribution in [0.5, 0.6) is 5.75 Å².